The van der Waals surface area contributed by atoms with Crippen molar-refractivity contribution in [3.8, 4) is 0 Å². The van der Waals surface area contributed by atoms with E-state index in [4.69, 9.17) is 0 Å². The molecule has 1 amide bonds. The zero-order chi connectivity index (χ0) is 22.5. The van der Waals surface area contributed by atoms with E-state index in [1.165, 1.54) is 21.8 Å². The van der Waals surface area contributed by atoms with Crippen molar-refractivity contribution in [1.82, 2.24) is 0 Å². The zero-order valence-corrected chi connectivity index (χ0v) is 19.7. The summed E-state index contributed by atoms with van der Waals surface area (Å²) in [6.07, 6.45) is 3.13. The van der Waals surface area contributed by atoms with Gasteiger partial charge in [-0.3, -0.25) is 4.79 Å². The van der Waals surface area contributed by atoms with Crippen LogP contribution in [0.2, 0.25) is 0 Å². The minimum absolute atomic E-state index is 0.0705. The van der Waals surface area contributed by atoms with Crippen molar-refractivity contribution in [2.75, 3.05) is 9.91 Å². The number of amides is 1. The fraction of sp³-hybridized carbons (Fsp3) is 0.407. The topological polar surface area (TPSA) is 35.9 Å². The molecule has 162 valence electrons. The summed E-state index contributed by atoms with van der Waals surface area (Å²) >= 11 is 0. The van der Waals surface area contributed by atoms with Crippen LogP contribution in [-0.4, -0.2) is 23.2 Å². The first-order valence-electron chi connectivity index (χ1n) is 11.2. The van der Waals surface area contributed by atoms with Crippen LogP contribution in [0.5, 0.6) is 0 Å². The van der Waals surface area contributed by atoms with Crippen LogP contribution in [0.3, 0.4) is 0 Å². The van der Waals surface area contributed by atoms with Gasteiger partial charge in [0.25, 0.3) is 5.91 Å². The summed E-state index contributed by atoms with van der Waals surface area (Å²) in [7, 11) is 0. The molecule has 0 unspecified atom stereocenters. The van der Waals surface area contributed by atoms with Gasteiger partial charge in [0, 0.05) is 17.3 Å². The van der Waals surface area contributed by atoms with E-state index in [-0.39, 0.29) is 11.4 Å². The lowest BCUT2D eigenvalue weighted by molar-refractivity contribution is -0.114. The second kappa shape index (κ2) is 7.67. The summed E-state index contributed by atoms with van der Waals surface area (Å²) in [4.78, 5) is 15.7. The Hall–Kier alpha value is -2.88. The van der Waals surface area contributed by atoms with Crippen molar-refractivity contribution in [3.05, 3.63) is 64.7 Å². The minimum atomic E-state index is -0.0705. The molecule has 4 nitrogen and oxygen atoms in total. The van der Waals surface area contributed by atoms with E-state index < -0.39 is 0 Å². The molecule has 0 N–H and O–H groups in total. The molecule has 0 spiro atoms. The first kappa shape index (κ1) is 21.4. The predicted molar refractivity (Wildman–Crippen MR) is 131 cm³/mol. The highest BCUT2D eigenvalue weighted by Crippen LogP contribution is 2.45. The first-order valence-corrected chi connectivity index (χ1v) is 11.2. The van der Waals surface area contributed by atoms with Crippen LogP contribution in [0.25, 0.3) is 6.08 Å². The molecule has 0 saturated carbocycles. The Labute approximate surface area is 186 Å². The summed E-state index contributed by atoms with van der Waals surface area (Å²) in [5.41, 5.74) is 7.30. The molecule has 31 heavy (non-hydrogen) atoms. The van der Waals surface area contributed by atoms with Gasteiger partial charge in [-0.25, -0.2) is 0 Å². The lowest BCUT2D eigenvalue weighted by Gasteiger charge is -2.50. The van der Waals surface area contributed by atoms with Crippen molar-refractivity contribution in [3.63, 3.8) is 0 Å². The van der Waals surface area contributed by atoms with Gasteiger partial charge in [-0.15, -0.1) is 0 Å². The molecule has 0 aliphatic carbocycles. The van der Waals surface area contributed by atoms with Gasteiger partial charge < -0.3 is 4.90 Å². The Morgan fingerprint density at radius 1 is 1.13 bits per heavy atom. The van der Waals surface area contributed by atoms with Crippen LogP contribution in [-0.2, 0) is 4.79 Å². The molecule has 0 radical (unpaired) electrons. The quantitative estimate of drug-likeness (QED) is 0.551. The van der Waals surface area contributed by atoms with E-state index in [1.54, 1.807) is 0 Å². The smallest absolute Gasteiger partial charge is 0.280 e. The SMILES string of the molecule is CC1=NN(c2ccccc2)C(=O)/C1=C/c1cc2c(cc1C)N(C(C)C)C(C)(C)C[C@H]2C. The summed E-state index contributed by atoms with van der Waals surface area (Å²) in [6, 6.07) is 14.6. The summed E-state index contributed by atoms with van der Waals surface area (Å²) in [5, 5.41) is 6.03. The van der Waals surface area contributed by atoms with Crippen LogP contribution >= 0.6 is 0 Å². The minimum Gasteiger partial charge on any atom is -0.364 e. The summed E-state index contributed by atoms with van der Waals surface area (Å²) in [5.74, 6) is 0.395. The number of nitrogens with zero attached hydrogens (tertiary/aromatic N) is 3. The van der Waals surface area contributed by atoms with Gasteiger partial charge >= 0.3 is 0 Å². The number of benzene rings is 2. The van der Waals surface area contributed by atoms with Crippen LogP contribution in [0.1, 0.15) is 70.6 Å². The first-order chi connectivity index (χ1) is 14.6. The second-order valence-electron chi connectivity index (χ2n) is 9.84. The second-order valence-corrected chi connectivity index (χ2v) is 9.84. The number of hydrazone groups is 1. The van der Waals surface area contributed by atoms with E-state index in [1.807, 2.05) is 43.3 Å². The molecule has 2 heterocycles. The zero-order valence-electron chi connectivity index (χ0n) is 19.7. The highest BCUT2D eigenvalue weighted by molar-refractivity contribution is 6.32. The molecule has 2 aromatic carbocycles. The Bertz CT molecular complexity index is 1080. The average Bonchev–Trinajstić information content (AvgIpc) is 2.97. The molecule has 4 heteroatoms. The van der Waals surface area contributed by atoms with Crippen molar-refractivity contribution in [2.24, 2.45) is 5.10 Å². The largest absolute Gasteiger partial charge is 0.364 e. The lowest BCUT2D eigenvalue weighted by Crippen LogP contribution is -2.51. The monoisotopic (exact) mass is 415 g/mol. The van der Waals surface area contributed by atoms with Crippen molar-refractivity contribution >= 4 is 29.1 Å². The van der Waals surface area contributed by atoms with Crippen molar-refractivity contribution < 1.29 is 4.79 Å². The molecule has 0 saturated heterocycles. The van der Waals surface area contributed by atoms with Crippen LogP contribution in [0.4, 0.5) is 11.4 Å². The molecular weight excluding hydrogens is 382 g/mol. The maximum absolute atomic E-state index is 13.1. The molecule has 1 atom stereocenters. The van der Waals surface area contributed by atoms with Gasteiger partial charge in [-0.1, -0.05) is 25.1 Å². The van der Waals surface area contributed by atoms with Gasteiger partial charge in [0.2, 0.25) is 0 Å². The van der Waals surface area contributed by atoms with Crippen molar-refractivity contribution in [1.29, 1.82) is 0 Å². The average molecular weight is 416 g/mol. The fourth-order valence-corrected chi connectivity index (χ4v) is 5.33. The molecule has 2 aliphatic rings. The molecule has 2 aliphatic heterocycles. The molecule has 0 aromatic heterocycles. The number of anilines is 2. The number of rotatable bonds is 3. The molecule has 0 fully saturated rings. The van der Waals surface area contributed by atoms with Gasteiger partial charge in [-0.05, 0) is 101 Å². The molecule has 2 aromatic rings. The van der Waals surface area contributed by atoms with Crippen molar-refractivity contribution in [2.45, 2.75) is 72.4 Å². The van der Waals surface area contributed by atoms with E-state index in [2.05, 4.69) is 63.7 Å². The third kappa shape index (κ3) is 3.69. The number of aryl methyl sites for hydroxylation is 1. The predicted octanol–water partition coefficient (Wildman–Crippen LogP) is 6.30. The Kier molecular flexibility index (Phi) is 5.28. The van der Waals surface area contributed by atoms with Crippen LogP contribution in [0, 0.1) is 6.92 Å². The third-order valence-corrected chi connectivity index (χ3v) is 6.54. The standard InChI is InChI=1S/C27H33N3O/c1-17(2)29-25-13-18(3)21(14-23(25)19(4)16-27(29,6)7)15-24-20(5)28-30(26(24)31)22-11-9-8-10-12-22/h8-15,17,19H,16H2,1-7H3/b24-15+/t19-/m1/s1. The number of fused-ring (bicyclic) bond motifs is 1. The van der Waals surface area contributed by atoms with E-state index in [0.29, 0.717) is 17.5 Å². The number of hydrogen-bond acceptors (Lipinski definition) is 3. The van der Waals surface area contributed by atoms with E-state index in [9.17, 15) is 4.79 Å². The molecular formula is C27H33N3O. The van der Waals surface area contributed by atoms with E-state index >= 15 is 0 Å². The highest BCUT2D eigenvalue weighted by atomic mass is 16.2. The fourth-order valence-electron chi connectivity index (χ4n) is 5.33. The van der Waals surface area contributed by atoms with Gasteiger partial charge in [0.1, 0.15) is 0 Å². The maximum Gasteiger partial charge on any atom is 0.280 e. The number of carbonyl (C=O) groups is 1. The van der Waals surface area contributed by atoms with Gasteiger partial charge in [0.15, 0.2) is 0 Å². The van der Waals surface area contributed by atoms with Gasteiger partial charge in [0.05, 0.1) is 17.0 Å². The summed E-state index contributed by atoms with van der Waals surface area (Å²) < 4.78 is 0. The van der Waals surface area contributed by atoms with Crippen LogP contribution in [0.15, 0.2) is 53.1 Å². The van der Waals surface area contributed by atoms with Gasteiger partial charge in [-0.2, -0.15) is 10.1 Å². The molecule has 0 bridgehead atoms. The number of hydrogen-bond donors (Lipinski definition) is 0. The normalized spacial score (nSPS) is 21.7. The Morgan fingerprint density at radius 2 is 1.81 bits per heavy atom. The van der Waals surface area contributed by atoms with E-state index in [0.717, 1.165) is 23.4 Å². The summed E-state index contributed by atoms with van der Waals surface area (Å²) in [6.45, 7) is 15.6. The molecule has 4 rings (SSSR count). The van der Waals surface area contributed by atoms with Crippen LogP contribution < -0.4 is 9.91 Å². The maximum atomic E-state index is 13.1. The number of para-hydroxylation sites is 1. The third-order valence-electron chi connectivity index (χ3n) is 6.54. The highest BCUT2D eigenvalue weighted by Gasteiger charge is 2.38. The Morgan fingerprint density at radius 3 is 2.45 bits per heavy atom. The lowest BCUT2D eigenvalue weighted by atomic mass is 9.78. The number of carbonyl (C=O) groups excluding carboxylic acids is 1. The Balaban J connectivity index is 1.76.